The summed E-state index contributed by atoms with van der Waals surface area (Å²) in [5.74, 6) is 0.881. The summed E-state index contributed by atoms with van der Waals surface area (Å²) in [7, 11) is 0. The molecule has 3 aromatic rings. The van der Waals surface area contributed by atoms with Gasteiger partial charge in [0.1, 0.15) is 11.3 Å². The van der Waals surface area contributed by atoms with Crippen molar-refractivity contribution in [3.8, 4) is 0 Å². The molecule has 27 heavy (non-hydrogen) atoms. The lowest BCUT2D eigenvalue weighted by molar-refractivity contribution is 0.240. The molecular weight excluding hydrogens is 364 g/mol. The second kappa shape index (κ2) is 8.19. The summed E-state index contributed by atoms with van der Waals surface area (Å²) < 4.78 is 1.24. The van der Waals surface area contributed by atoms with Crippen LogP contribution >= 0.6 is 12.8 Å². The van der Waals surface area contributed by atoms with Gasteiger partial charge in [0.25, 0.3) is 0 Å². The van der Waals surface area contributed by atoms with Gasteiger partial charge in [0.05, 0.1) is 12.8 Å². The monoisotopic (exact) mass is 384 g/mol. The number of anilines is 3. The van der Waals surface area contributed by atoms with E-state index >= 15 is 0 Å². The molecule has 0 atom stereocenters. The minimum absolute atomic E-state index is 0.0325. The summed E-state index contributed by atoms with van der Waals surface area (Å²) in [6.45, 7) is 4.17. The Morgan fingerprint density at radius 3 is 2.74 bits per heavy atom. The van der Waals surface area contributed by atoms with Crippen molar-refractivity contribution < 1.29 is 9.90 Å². The number of amides is 2. The molecule has 0 aliphatic carbocycles. The third-order valence-electron chi connectivity index (χ3n) is 4.05. The molecular formula is C18H20N6O2S. The van der Waals surface area contributed by atoms with Crippen molar-refractivity contribution in [1.82, 2.24) is 19.3 Å². The zero-order valence-corrected chi connectivity index (χ0v) is 15.9. The standard InChI is InChI=1S/C18H20N6O2S/c1-3-24(27)18(26)23-15-8-7-14-17(21-15)22-16(9-19-14)20-13-6-4-5-12(10-25)11(13)2/h4-9,25,27H,3,10H2,1-2H3,(H2,20,21,22,23,26). The van der Waals surface area contributed by atoms with Crippen LogP contribution in [0.15, 0.2) is 36.5 Å². The van der Waals surface area contributed by atoms with Gasteiger partial charge in [-0.15, -0.1) is 0 Å². The Morgan fingerprint density at radius 1 is 1.22 bits per heavy atom. The van der Waals surface area contributed by atoms with Crippen LogP contribution in [0.5, 0.6) is 0 Å². The maximum Gasteiger partial charge on any atom is 0.332 e. The van der Waals surface area contributed by atoms with Gasteiger partial charge in [-0.25, -0.2) is 19.7 Å². The highest BCUT2D eigenvalue weighted by Crippen LogP contribution is 2.23. The molecule has 2 aromatic heterocycles. The fourth-order valence-electron chi connectivity index (χ4n) is 2.47. The fraction of sp³-hybridized carbons (Fsp3) is 0.222. The van der Waals surface area contributed by atoms with E-state index in [4.69, 9.17) is 0 Å². The number of carbonyl (C=O) groups is 1. The van der Waals surface area contributed by atoms with Crippen LogP contribution in [0.2, 0.25) is 0 Å². The molecule has 1 aromatic carbocycles. The number of aliphatic hydroxyl groups is 1. The number of carbonyl (C=O) groups excluding carboxylic acids is 1. The Kier molecular flexibility index (Phi) is 5.72. The van der Waals surface area contributed by atoms with Crippen LogP contribution < -0.4 is 10.6 Å². The van der Waals surface area contributed by atoms with Crippen molar-refractivity contribution >= 4 is 47.3 Å². The van der Waals surface area contributed by atoms with Crippen molar-refractivity contribution in [2.45, 2.75) is 20.5 Å². The average Bonchev–Trinajstić information content (AvgIpc) is 2.68. The van der Waals surface area contributed by atoms with Crippen molar-refractivity contribution in [2.24, 2.45) is 0 Å². The second-order valence-electron chi connectivity index (χ2n) is 5.81. The van der Waals surface area contributed by atoms with E-state index in [0.717, 1.165) is 16.8 Å². The predicted molar refractivity (Wildman–Crippen MR) is 108 cm³/mol. The van der Waals surface area contributed by atoms with E-state index in [1.807, 2.05) is 32.0 Å². The number of nitrogens with zero attached hydrogens (tertiary/aromatic N) is 4. The quantitative estimate of drug-likeness (QED) is 0.504. The number of thiol groups is 1. The van der Waals surface area contributed by atoms with Crippen molar-refractivity contribution in [1.29, 1.82) is 0 Å². The van der Waals surface area contributed by atoms with Crippen molar-refractivity contribution in [3.63, 3.8) is 0 Å². The largest absolute Gasteiger partial charge is 0.392 e. The van der Waals surface area contributed by atoms with E-state index < -0.39 is 0 Å². The van der Waals surface area contributed by atoms with Gasteiger partial charge in [-0.2, -0.15) is 0 Å². The first-order valence-electron chi connectivity index (χ1n) is 8.39. The molecule has 140 valence electrons. The summed E-state index contributed by atoms with van der Waals surface area (Å²) in [6.07, 6.45) is 1.61. The van der Waals surface area contributed by atoms with E-state index in [1.54, 1.807) is 18.3 Å². The molecule has 0 fully saturated rings. The zero-order valence-electron chi connectivity index (χ0n) is 15.0. The number of hydrogen-bond donors (Lipinski definition) is 4. The topological polar surface area (TPSA) is 103 Å². The Bertz CT molecular complexity index is 981. The number of benzene rings is 1. The molecule has 9 heteroatoms. The van der Waals surface area contributed by atoms with Crippen LogP contribution in [0.4, 0.5) is 22.1 Å². The molecule has 0 aliphatic rings. The van der Waals surface area contributed by atoms with Gasteiger partial charge in [0, 0.05) is 12.2 Å². The summed E-state index contributed by atoms with van der Waals surface area (Å²) in [4.78, 5) is 25.1. The molecule has 0 radical (unpaired) electrons. The van der Waals surface area contributed by atoms with Gasteiger partial charge >= 0.3 is 6.03 Å². The first kappa shape index (κ1) is 18.9. The number of aliphatic hydroxyl groups excluding tert-OH is 1. The van der Waals surface area contributed by atoms with Gasteiger partial charge in [0.15, 0.2) is 11.5 Å². The highest BCUT2D eigenvalue weighted by atomic mass is 32.1. The number of fused-ring (bicyclic) bond motifs is 1. The van der Waals surface area contributed by atoms with Crippen LogP contribution in [-0.2, 0) is 6.61 Å². The van der Waals surface area contributed by atoms with Gasteiger partial charge in [-0.3, -0.25) is 9.62 Å². The van der Waals surface area contributed by atoms with Crippen LogP contribution in [0, 0.1) is 6.92 Å². The van der Waals surface area contributed by atoms with Crippen LogP contribution in [0.1, 0.15) is 18.1 Å². The minimum Gasteiger partial charge on any atom is -0.392 e. The van der Waals surface area contributed by atoms with E-state index in [1.165, 1.54) is 4.31 Å². The van der Waals surface area contributed by atoms with Crippen molar-refractivity contribution in [2.75, 3.05) is 17.2 Å². The molecule has 8 nitrogen and oxygen atoms in total. The normalized spacial score (nSPS) is 10.7. The SMILES string of the molecule is CCN(S)C(=O)Nc1ccc2ncc(Nc3cccc(CO)c3C)nc2n1. The van der Waals surface area contributed by atoms with Crippen LogP contribution in [0.25, 0.3) is 11.2 Å². The van der Waals surface area contributed by atoms with E-state index in [0.29, 0.717) is 29.3 Å². The van der Waals surface area contributed by atoms with Gasteiger partial charge in [0.2, 0.25) is 0 Å². The molecule has 2 amide bonds. The minimum atomic E-state index is -0.369. The molecule has 0 bridgehead atoms. The number of rotatable bonds is 5. The van der Waals surface area contributed by atoms with Crippen LogP contribution in [-0.4, -0.2) is 36.9 Å². The summed E-state index contributed by atoms with van der Waals surface area (Å²) >= 11 is 4.06. The zero-order chi connectivity index (χ0) is 19.4. The molecule has 0 saturated carbocycles. The third-order valence-corrected chi connectivity index (χ3v) is 4.52. The number of pyridine rings is 1. The van der Waals surface area contributed by atoms with Gasteiger partial charge in [-0.05, 0) is 43.2 Å². The Labute approximate surface area is 162 Å². The van der Waals surface area contributed by atoms with Crippen LogP contribution in [0.3, 0.4) is 0 Å². The molecule has 0 aliphatic heterocycles. The molecule has 0 saturated heterocycles. The Hall–Kier alpha value is -2.91. The molecule has 0 spiro atoms. The summed E-state index contributed by atoms with van der Waals surface area (Å²) in [6, 6.07) is 8.65. The molecule has 0 unspecified atom stereocenters. The first-order chi connectivity index (χ1) is 13.0. The fourth-order valence-corrected chi connectivity index (χ4v) is 2.52. The highest BCUT2D eigenvalue weighted by Gasteiger charge is 2.10. The first-order valence-corrected chi connectivity index (χ1v) is 8.79. The van der Waals surface area contributed by atoms with E-state index in [-0.39, 0.29) is 12.6 Å². The lowest BCUT2D eigenvalue weighted by Gasteiger charge is -2.14. The average molecular weight is 384 g/mol. The molecule has 2 heterocycles. The number of aromatic nitrogens is 3. The maximum absolute atomic E-state index is 11.9. The summed E-state index contributed by atoms with van der Waals surface area (Å²) in [5.41, 5.74) is 3.61. The molecule has 3 N–H and O–H groups in total. The molecule has 3 rings (SSSR count). The lowest BCUT2D eigenvalue weighted by atomic mass is 10.1. The Balaban J connectivity index is 1.87. The smallest absolute Gasteiger partial charge is 0.332 e. The van der Waals surface area contributed by atoms with Crippen molar-refractivity contribution in [3.05, 3.63) is 47.7 Å². The van der Waals surface area contributed by atoms with E-state index in [2.05, 4.69) is 38.4 Å². The number of hydrogen-bond acceptors (Lipinski definition) is 7. The summed E-state index contributed by atoms with van der Waals surface area (Å²) in [5, 5.41) is 15.3. The van der Waals surface area contributed by atoms with Gasteiger partial charge in [-0.1, -0.05) is 24.9 Å². The predicted octanol–water partition coefficient (Wildman–Crippen LogP) is 3.27. The second-order valence-corrected chi connectivity index (χ2v) is 6.30. The lowest BCUT2D eigenvalue weighted by Crippen LogP contribution is -2.27. The Morgan fingerprint density at radius 2 is 2.00 bits per heavy atom. The number of nitrogens with one attached hydrogen (secondary N) is 2. The van der Waals surface area contributed by atoms with Gasteiger partial charge < -0.3 is 10.4 Å². The maximum atomic E-state index is 11.9. The number of urea groups is 1. The third kappa shape index (κ3) is 4.26. The van der Waals surface area contributed by atoms with E-state index in [9.17, 15) is 9.90 Å². The highest BCUT2D eigenvalue weighted by molar-refractivity contribution is 7.78.